The van der Waals surface area contributed by atoms with E-state index in [1.165, 1.54) is 6.20 Å². The van der Waals surface area contributed by atoms with E-state index in [4.69, 9.17) is 14.5 Å². The highest BCUT2D eigenvalue weighted by atomic mass is 32.2. The Labute approximate surface area is 231 Å². The van der Waals surface area contributed by atoms with Gasteiger partial charge < -0.3 is 9.47 Å². The third kappa shape index (κ3) is 4.57. The molecule has 2 aliphatic rings. The van der Waals surface area contributed by atoms with E-state index < -0.39 is 28.6 Å². The lowest BCUT2D eigenvalue weighted by Crippen LogP contribution is -2.60. The van der Waals surface area contributed by atoms with Crippen molar-refractivity contribution in [2.45, 2.75) is 56.3 Å². The smallest absolute Gasteiger partial charge is 0.452 e. The van der Waals surface area contributed by atoms with Gasteiger partial charge in [-0.05, 0) is 61.2 Å². The van der Waals surface area contributed by atoms with E-state index in [0.717, 1.165) is 26.9 Å². The van der Waals surface area contributed by atoms with Gasteiger partial charge in [0.15, 0.2) is 11.2 Å². The molecule has 5 heterocycles. The third-order valence-electron chi connectivity index (χ3n) is 7.60. The van der Waals surface area contributed by atoms with E-state index in [0.29, 0.717) is 48.9 Å². The molecule has 0 amide bonds. The van der Waals surface area contributed by atoms with Crippen molar-refractivity contribution in [3.63, 3.8) is 0 Å². The van der Waals surface area contributed by atoms with Crippen LogP contribution in [0.4, 0.5) is 13.2 Å². The summed E-state index contributed by atoms with van der Waals surface area (Å²) in [5.74, 6) is -0.629. The van der Waals surface area contributed by atoms with Gasteiger partial charge in [-0.25, -0.2) is 8.51 Å². The first kappa shape index (κ1) is 26.9. The van der Waals surface area contributed by atoms with Crippen LogP contribution in [0.15, 0.2) is 53.6 Å². The number of hydrogen-bond donors (Lipinski definition) is 0. The number of para-hydroxylation sites is 1. The van der Waals surface area contributed by atoms with Crippen molar-refractivity contribution in [3.05, 3.63) is 82.6 Å². The molecule has 1 aromatic carbocycles. The molecule has 0 bridgehead atoms. The van der Waals surface area contributed by atoms with Gasteiger partial charge in [-0.2, -0.15) is 13.2 Å². The molecular formula is C28H28F3N5O3S. The van der Waals surface area contributed by atoms with Crippen LogP contribution >= 0.6 is 0 Å². The van der Waals surface area contributed by atoms with E-state index >= 15 is 0 Å². The summed E-state index contributed by atoms with van der Waals surface area (Å²) in [4.78, 5) is 5.63. The SMILES string of the molecule is CC[C@@H](c1ccc(C)c(CN2CC3(COC3)Oc3ccccc3S2=O)n1)c1ccn2c(C(F)(F)F)nnc2c1C. The van der Waals surface area contributed by atoms with Gasteiger partial charge >= 0.3 is 6.18 Å². The normalized spacial score (nSPS) is 19.6. The predicted octanol–water partition coefficient (Wildman–Crippen LogP) is 4.99. The molecule has 0 aliphatic carbocycles. The summed E-state index contributed by atoms with van der Waals surface area (Å²) >= 11 is 0. The minimum atomic E-state index is -4.60. The van der Waals surface area contributed by atoms with Gasteiger partial charge in [0.1, 0.15) is 16.7 Å². The number of hydrogen-bond acceptors (Lipinski definition) is 6. The van der Waals surface area contributed by atoms with Gasteiger partial charge in [0, 0.05) is 17.8 Å². The Balaban J connectivity index is 1.35. The molecule has 0 saturated carbocycles. The Morgan fingerprint density at radius 2 is 1.88 bits per heavy atom. The minimum absolute atomic E-state index is 0.169. The van der Waals surface area contributed by atoms with Crippen molar-refractivity contribution in [2.24, 2.45) is 0 Å². The average molecular weight is 572 g/mol. The van der Waals surface area contributed by atoms with E-state index in [2.05, 4.69) is 10.2 Å². The summed E-state index contributed by atoms with van der Waals surface area (Å²) in [5, 5.41) is 7.23. The second-order valence-electron chi connectivity index (χ2n) is 10.3. The Morgan fingerprint density at radius 1 is 1.10 bits per heavy atom. The third-order valence-corrected chi connectivity index (χ3v) is 9.04. The number of ether oxygens (including phenoxy) is 2. The van der Waals surface area contributed by atoms with Crippen molar-refractivity contribution in [3.8, 4) is 5.75 Å². The maximum Gasteiger partial charge on any atom is 0.452 e. The summed E-state index contributed by atoms with van der Waals surface area (Å²) in [5.41, 5.74) is 3.57. The number of fused-ring (bicyclic) bond motifs is 2. The van der Waals surface area contributed by atoms with Gasteiger partial charge in [0.2, 0.25) is 5.82 Å². The van der Waals surface area contributed by atoms with Gasteiger partial charge in [-0.3, -0.25) is 9.38 Å². The van der Waals surface area contributed by atoms with Crippen LogP contribution in [0.1, 0.15) is 53.2 Å². The minimum Gasteiger partial charge on any atom is -0.480 e. The molecule has 40 heavy (non-hydrogen) atoms. The molecule has 2 atom stereocenters. The van der Waals surface area contributed by atoms with Gasteiger partial charge in [0.25, 0.3) is 0 Å². The fraction of sp³-hybridized carbons (Fsp3) is 0.393. The number of aryl methyl sites for hydroxylation is 2. The Kier molecular flexibility index (Phi) is 6.67. The highest BCUT2D eigenvalue weighted by Crippen LogP contribution is 2.37. The van der Waals surface area contributed by atoms with Crippen molar-refractivity contribution in [2.75, 3.05) is 19.8 Å². The number of alkyl halides is 3. The largest absolute Gasteiger partial charge is 0.480 e. The molecular weight excluding hydrogens is 543 g/mol. The average Bonchev–Trinajstić information content (AvgIpc) is 3.31. The van der Waals surface area contributed by atoms with Crippen molar-refractivity contribution in [1.29, 1.82) is 0 Å². The van der Waals surface area contributed by atoms with Crippen LogP contribution in [0.5, 0.6) is 5.75 Å². The van der Waals surface area contributed by atoms with Gasteiger partial charge in [-0.1, -0.05) is 25.1 Å². The Hall–Kier alpha value is -3.35. The fourth-order valence-electron chi connectivity index (χ4n) is 5.42. The lowest BCUT2D eigenvalue weighted by atomic mass is 9.90. The number of aromatic nitrogens is 4. The second-order valence-corrected chi connectivity index (χ2v) is 11.8. The van der Waals surface area contributed by atoms with Crippen LogP contribution in [-0.2, 0) is 28.4 Å². The molecule has 8 nitrogen and oxygen atoms in total. The summed E-state index contributed by atoms with van der Waals surface area (Å²) < 4.78 is 68.5. The lowest BCUT2D eigenvalue weighted by molar-refractivity contribution is -0.165. The standard InChI is InChI=1S/C28H28F3N5O3S/c1-4-19(20-11-12-36-25(18(20)3)33-34-26(36)28(29,30)31)21-10-9-17(2)22(32-21)13-35-14-27(15-38-16-27)39-23-7-5-6-8-24(23)40(35)37/h5-12,19H,4,13-16H2,1-3H3/t19-,40?/m1/s1. The first-order chi connectivity index (χ1) is 19.1. The molecule has 1 unspecified atom stereocenters. The molecule has 4 aromatic rings. The fourth-order valence-corrected chi connectivity index (χ4v) is 6.77. The van der Waals surface area contributed by atoms with Crippen molar-refractivity contribution >= 4 is 16.6 Å². The molecule has 1 saturated heterocycles. The van der Waals surface area contributed by atoms with E-state index in [1.54, 1.807) is 13.0 Å². The summed E-state index contributed by atoms with van der Waals surface area (Å²) in [6.07, 6.45) is -2.56. The van der Waals surface area contributed by atoms with Crippen LogP contribution in [-0.4, -0.2) is 53.5 Å². The molecule has 2 aliphatic heterocycles. The number of rotatable bonds is 5. The first-order valence-electron chi connectivity index (χ1n) is 13.0. The van der Waals surface area contributed by atoms with Crippen LogP contribution in [0.25, 0.3) is 5.65 Å². The van der Waals surface area contributed by atoms with E-state index in [-0.39, 0.29) is 11.6 Å². The first-order valence-corrected chi connectivity index (χ1v) is 14.1. The van der Waals surface area contributed by atoms with Crippen molar-refractivity contribution in [1.82, 2.24) is 23.9 Å². The molecule has 0 N–H and O–H groups in total. The maximum atomic E-state index is 13.7. The molecule has 3 aromatic heterocycles. The summed E-state index contributed by atoms with van der Waals surface area (Å²) in [6.45, 7) is 7.32. The van der Waals surface area contributed by atoms with E-state index in [1.807, 2.05) is 54.6 Å². The molecule has 1 spiro atoms. The van der Waals surface area contributed by atoms with Gasteiger partial charge in [-0.15, -0.1) is 10.2 Å². The number of pyridine rings is 2. The summed E-state index contributed by atoms with van der Waals surface area (Å²) in [7, 11) is -1.47. The second kappa shape index (κ2) is 9.93. The molecule has 6 rings (SSSR count). The lowest BCUT2D eigenvalue weighted by Gasteiger charge is -2.41. The molecule has 0 radical (unpaired) electrons. The van der Waals surface area contributed by atoms with Crippen LogP contribution in [0.3, 0.4) is 0 Å². The van der Waals surface area contributed by atoms with Gasteiger partial charge in [0.05, 0.1) is 36.9 Å². The van der Waals surface area contributed by atoms with Crippen LogP contribution in [0.2, 0.25) is 0 Å². The van der Waals surface area contributed by atoms with Crippen LogP contribution < -0.4 is 4.74 Å². The highest BCUT2D eigenvalue weighted by molar-refractivity contribution is 7.82. The zero-order valence-electron chi connectivity index (χ0n) is 22.2. The number of halogens is 3. The Bertz CT molecular complexity index is 1620. The zero-order valence-corrected chi connectivity index (χ0v) is 23.1. The predicted molar refractivity (Wildman–Crippen MR) is 141 cm³/mol. The summed E-state index contributed by atoms with van der Waals surface area (Å²) in [6, 6.07) is 13.0. The molecule has 210 valence electrons. The number of benzene rings is 1. The van der Waals surface area contributed by atoms with Crippen LogP contribution in [0, 0.1) is 13.8 Å². The number of nitrogens with zero attached hydrogens (tertiary/aromatic N) is 5. The quantitative estimate of drug-likeness (QED) is 0.336. The van der Waals surface area contributed by atoms with E-state index in [9.17, 15) is 17.4 Å². The maximum absolute atomic E-state index is 13.7. The Morgan fingerprint density at radius 3 is 2.58 bits per heavy atom. The molecule has 1 fully saturated rings. The highest BCUT2D eigenvalue weighted by Gasteiger charge is 2.47. The topological polar surface area (TPSA) is 81.9 Å². The van der Waals surface area contributed by atoms with Crippen molar-refractivity contribution < 1.29 is 26.9 Å². The monoisotopic (exact) mass is 571 g/mol. The zero-order chi connectivity index (χ0) is 28.2. The molecule has 12 heteroatoms.